The minimum absolute atomic E-state index is 0.523. The zero-order valence-corrected chi connectivity index (χ0v) is 21.4. The van der Waals surface area contributed by atoms with Gasteiger partial charge in [0.2, 0.25) is 0 Å². The molecule has 0 spiro atoms. The summed E-state index contributed by atoms with van der Waals surface area (Å²) in [6.45, 7) is 3.43. The molecule has 3 aromatic carbocycles. The molecule has 0 saturated carbocycles. The van der Waals surface area contributed by atoms with Gasteiger partial charge < -0.3 is 9.73 Å². The highest BCUT2D eigenvalue weighted by Gasteiger charge is 2.13. The van der Waals surface area contributed by atoms with Gasteiger partial charge in [0.15, 0.2) is 0 Å². The van der Waals surface area contributed by atoms with E-state index in [0.29, 0.717) is 5.56 Å². The Bertz CT molecular complexity index is 1560. The molecule has 0 aliphatic carbocycles. The summed E-state index contributed by atoms with van der Waals surface area (Å²) in [5, 5.41) is 14.2. The van der Waals surface area contributed by atoms with Gasteiger partial charge in [0, 0.05) is 30.2 Å². The molecule has 1 N–H and O–H groups in total. The summed E-state index contributed by atoms with van der Waals surface area (Å²) in [5.74, 6) is 0. The Morgan fingerprint density at radius 2 is 1.61 bits per heavy atom. The quantitative estimate of drug-likeness (QED) is 0.249. The third-order valence-electron chi connectivity index (χ3n) is 7.34. The summed E-state index contributed by atoms with van der Waals surface area (Å²) in [6.07, 6.45) is 9.92. The first kappa shape index (κ1) is 24.0. The van der Waals surface area contributed by atoms with Crippen molar-refractivity contribution in [3.05, 3.63) is 114 Å². The molecule has 0 radical (unpaired) electrons. The first-order valence-electron chi connectivity index (χ1n) is 13.3. The predicted octanol–water partition coefficient (Wildman–Crippen LogP) is 7.69. The number of nitrogens with one attached hydrogen (secondary N) is 1. The largest absolute Gasteiger partial charge is 0.472 e. The van der Waals surface area contributed by atoms with Gasteiger partial charge in [-0.15, -0.1) is 0 Å². The van der Waals surface area contributed by atoms with Gasteiger partial charge in [0.25, 0.3) is 0 Å². The molecular weight excluding hydrogens is 468 g/mol. The van der Waals surface area contributed by atoms with E-state index in [1.807, 2.05) is 18.2 Å². The lowest BCUT2D eigenvalue weighted by atomic mass is 10.0. The maximum absolute atomic E-state index is 9.78. The number of pyridine rings is 1. The Hall–Kier alpha value is -4.40. The molecule has 1 aliphatic heterocycles. The molecule has 0 unspecified atom stereocenters. The minimum atomic E-state index is 0.523. The SMILES string of the molecule is N#Cc1cnc2cc(-c3ccc(CN4CCCCC4)cc3)ccc2c1Nc1ccc(Cc2ccoc2)cc1. The second-order valence-corrected chi connectivity index (χ2v) is 10.1. The summed E-state index contributed by atoms with van der Waals surface area (Å²) in [7, 11) is 0. The number of likely N-dealkylation sites (tertiary alicyclic amines) is 1. The Kier molecular flexibility index (Phi) is 6.89. The van der Waals surface area contributed by atoms with E-state index >= 15 is 0 Å². The van der Waals surface area contributed by atoms with Crippen LogP contribution in [0.1, 0.15) is 41.5 Å². The normalized spacial score (nSPS) is 13.9. The predicted molar refractivity (Wildman–Crippen MR) is 152 cm³/mol. The van der Waals surface area contributed by atoms with Crippen molar-refractivity contribution in [2.24, 2.45) is 0 Å². The number of rotatable bonds is 7. The summed E-state index contributed by atoms with van der Waals surface area (Å²) in [5.41, 5.74) is 9.08. The van der Waals surface area contributed by atoms with E-state index in [1.165, 1.54) is 49.0 Å². The topological polar surface area (TPSA) is 65.1 Å². The van der Waals surface area contributed by atoms with Crippen LogP contribution in [-0.2, 0) is 13.0 Å². The van der Waals surface area contributed by atoms with Gasteiger partial charge in [0.1, 0.15) is 6.07 Å². The third kappa shape index (κ3) is 5.32. The summed E-state index contributed by atoms with van der Waals surface area (Å²) in [4.78, 5) is 7.16. The van der Waals surface area contributed by atoms with Gasteiger partial charge >= 0.3 is 0 Å². The number of furan rings is 1. The molecule has 38 heavy (non-hydrogen) atoms. The van der Waals surface area contributed by atoms with E-state index in [2.05, 4.69) is 75.9 Å². The van der Waals surface area contributed by atoms with E-state index in [9.17, 15) is 5.26 Å². The van der Waals surface area contributed by atoms with E-state index in [1.54, 1.807) is 18.7 Å². The molecule has 5 aromatic rings. The van der Waals surface area contributed by atoms with Gasteiger partial charge in [0.05, 0.1) is 29.3 Å². The first-order valence-corrected chi connectivity index (χ1v) is 13.3. The molecular formula is C33H30N4O. The molecule has 5 heteroatoms. The molecule has 0 amide bonds. The summed E-state index contributed by atoms with van der Waals surface area (Å²) >= 11 is 0. The fourth-order valence-corrected chi connectivity index (χ4v) is 5.25. The van der Waals surface area contributed by atoms with Crippen molar-refractivity contribution in [3.8, 4) is 17.2 Å². The molecule has 5 nitrogen and oxygen atoms in total. The molecule has 3 heterocycles. The number of nitriles is 1. The number of benzene rings is 3. The number of anilines is 2. The third-order valence-corrected chi connectivity index (χ3v) is 7.34. The van der Waals surface area contributed by atoms with Crippen molar-refractivity contribution >= 4 is 22.3 Å². The highest BCUT2D eigenvalue weighted by atomic mass is 16.3. The van der Waals surface area contributed by atoms with Gasteiger partial charge in [-0.3, -0.25) is 9.88 Å². The average Bonchev–Trinajstić information content (AvgIpc) is 3.48. The van der Waals surface area contributed by atoms with Crippen LogP contribution in [0.25, 0.3) is 22.0 Å². The van der Waals surface area contributed by atoms with E-state index < -0.39 is 0 Å². The molecule has 1 saturated heterocycles. The number of nitrogens with zero attached hydrogens (tertiary/aromatic N) is 3. The Morgan fingerprint density at radius 3 is 2.34 bits per heavy atom. The fourth-order valence-electron chi connectivity index (χ4n) is 5.25. The lowest BCUT2D eigenvalue weighted by Gasteiger charge is -2.26. The van der Waals surface area contributed by atoms with Crippen LogP contribution in [0.15, 0.2) is 95.9 Å². The van der Waals surface area contributed by atoms with Gasteiger partial charge in [-0.1, -0.05) is 55.0 Å². The summed E-state index contributed by atoms with van der Waals surface area (Å²) in [6, 6.07) is 27.7. The van der Waals surface area contributed by atoms with Crippen LogP contribution >= 0.6 is 0 Å². The molecule has 188 valence electrons. The maximum atomic E-state index is 9.78. The zero-order valence-electron chi connectivity index (χ0n) is 21.4. The maximum Gasteiger partial charge on any atom is 0.103 e. The fraction of sp³-hybridized carbons (Fsp3) is 0.212. The molecule has 1 fully saturated rings. The molecule has 2 aromatic heterocycles. The first-order chi connectivity index (χ1) is 18.7. The van der Waals surface area contributed by atoms with Crippen LogP contribution < -0.4 is 5.32 Å². The smallest absolute Gasteiger partial charge is 0.103 e. The zero-order chi connectivity index (χ0) is 25.7. The van der Waals surface area contributed by atoms with Crippen molar-refractivity contribution in [2.75, 3.05) is 18.4 Å². The monoisotopic (exact) mass is 498 g/mol. The van der Waals surface area contributed by atoms with Crippen LogP contribution in [0.5, 0.6) is 0 Å². The number of hydrogen-bond donors (Lipinski definition) is 1. The van der Waals surface area contributed by atoms with E-state index in [0.717, 1.165) is 46.4 Å². The van der Waals surface area contributed by atoms with Crippen LogP contribution in [0.3, 0.4) is 0 Å². The average molecular weight is 499 g/mol. The summed E-state index contributed by atoms with van der Waals surface area (Å²) < 4.78 is 5.17. The second kappa shape index (κ2) is 10.9. The molecule has 1 aliphatic rings. The lowest BCUT2D eigenvalue weighted by molar-refractivity contribution is 0.221. The Balaban J connectivity index is 1.22. The van der Waals surface area contributed by atoms with Crippen LogP contribution in [-0.4, -0.2) is 23.0 Å². The van der Waals surface area contributed by atoms with Crippen molar-refractivity contribution in [3.63, 3.8) is 0 Å². The van der Waals surface area contributed by atoms with Crippen molar-refractivity contribution in [1.29, 1.82) is 5.26 Å². The van der Waals surface area contributed by atoms with E-state index in [-0.39, 0.29) is 0 Å². The van der Waals surface area contributed by atoms with Crippen molar-refractivity contribution in [1.82, 2.24) is 9.88 Å². The molecule has 6 rings (SSSR count). The Labute approximate surface area is 223 Å². The highest BCUT2D eigenvalue weighted by molar-refractivity contribution is 5.97. The van der Waals surface area contributed by atoms with Gasteiger partial charge in [-0.25, -0.2) is 0 Å². The van der Waals surface area contributed by atoms with Gasteiger partial charge in [-0.05, 0) is 78.0 Å². The van der Waals surface area contributed by atoms with Crippen LogP contribution in [0.2, 0.25) is 0 Å². The van der Waals surface area contributed by atoms with Crippen molar-refractivity contribution in [2.45, 2.75) is 32.2 Å². The molecule has 0 bridgehead atoms. The van der Waals surface area contributed by atoms with Crippen molar-refractivity contribution < 1.29 is 4.42 Å². The van der Waals surface area contributed by atoms with Gasteiger partial charge in [-0.2, -0.15) is 5.26 Å². The standard InChI is InChI=1S/C33H30N4O/c34-20-29-21-35-32-19-28(27-8-4-25(5-9-27)22-37-15-2-1-3-16-37)10-13-31(32)33(29)36-30-11-6-24(7-12-30)18-26-14-17-38-23-26/h4-14,17,19,21,23H,1-3,15-16,18,22H2,(H,35,36). The number of fused-ring (bicyclic) bond motifs is 1. The Morgan fingerprint density at radius 1 is 0.842 bits per heavy atom. The molecule has 0 atom stereocenters. The number of hydrogen-bond acceptors (Lipinski definition) is 5. The van der Waals surface area contributed by atoms with Crippen LogP contribution in [0.4, 0.5) is 11.4 Å². The number of piperidine rings is 1. The number of aromatic nitrogens is 1. The minimum Gasteiger partial charge on any atom is -0.472 e. The van der Waals surface area contributed by atoms with Crippen LogP contribution in [0, 0.1) is 11.3 Å². The van der Waals surface area contributed by atoms with E-state index in [4.69, 9.17) is 4.42 Å². The lowest BCUT2D eigenvalue weighted by Crippen LogP contribution is -2.28. The highest BCUT2D eigenvalue weighted by Crippen LogP contribution is 2.32. The second-order valence-electron chi connectivity index (χ2n) is 10.1.